The van der Waals surface area contributed by atoms with Crippen LogP contribution in [0.5, 0.6) is 5.75 Å². The summed E-state index contributed by atoms with van der Waals surface area (Å²) in [6, 6.07) is 13.2. The van der Waals surface area contributed by atoms with Gasteiger partial charge in [0.15, 0.2) is 6.61 Å². The minimum atomic E-state index is -3.86. The maximum atomic E-state index is 13.4. The largest absolute Gasteiger partial charge is 0.482 e. The Kier molecular flexibility index (Phi) is 10.2. The Bertz CT molecular complexity index is 1330. The third-order valence-electron chi connectivity index (χ3n) is 7.54. The Balaban J connectivity index is 1.40. The Morgan fingerprint density at radius 3 is 2.39 bits per heavy atom. The number of piperazine rings is 1. The number of fused-ring (bicyclic) bond motifs is 1. The highest BCUT2D eigenvalue weighted by Gasteiger charge is 2.30. The fourth-order valence-electron chi connectivity index (χ4n) is 5.26. The number of nitrogens with zero attached hydrogens (tertiary/aromatic N) is 4. The number of anilines is 1. The van der Waals surface area contributed by atoms with Gasteiger partial charge in [0.25, 0.3) is 5.91 Å². The standard InChI is InChI=1S/C29H42N6O5S/c1-22(36)31-25(20-34-13-12-23-8-5-6-9-24(23)19-34)18-30-28(37)21-40-27-11-7-10-26(29(27)41(38,39)32(2)3)35-16-14-33(4)15-17-35/h5-11,25H,12-21H2,1-4H3,(H,30,37)(H,31,36). The number of rotatable bonds is 11. The van der Waals surface area contributed by atoms with Crippen LogP contribution in [0.15, 0.2) is 47.4 Å². The van der Waals surface area contributed by atoms with Gasteiger partial charge in [0, 0.05) is 73.4 Å². The third kappa shape index (κ3) is 7.97. The second-order valence-corrected chi connectivity index (χ2v) is 13.0. The van der Waals surface area contributed by atoms with Crippen molar-refractivity contribution < 1.29 is 22.7 Å². The lowest BCUT2D eigenvalue weighted by Gasteiger charge is -2.35. The van der Waals surface area contributed by atoms with Crippen molar-refractivity contribution in [2.75, 3.05) is 78.5 Å². The van der Waals surface area contributed by atoms with E-state index in [0.717, 1.165) is 36.9 Å². The second kappa shape index (κ2) is 13.6. The number of sulfonamides is 1. The molecule has 1 fully saturated rings. The minimum Gasteiger partial charge on any atom is -0.482 e. The summed E-state index contributed by atoms with van der Waals surface area (Å²) < 4.78 is 33.7. The Morgan fingerprint density at radius 2 is 1.71 bits per heavy atom. The summed E-state index contributed by atoms with van der Waals surface area (Å²) in [5, 5.41) is 5.79. The topological polar surface area (TPSA) is 115 Å². The van der Waals surface area contributed by atoms with Crippen LogP contribution in [-0.2, 0) is 32.6 Å². The van der Waals surface area contributed by atoms with E-state index in [1.54, 1.807) is 18.2 Å². The number of carbonyl (C=O) groups is 2. The molecule has 2 heterocycles. The molecule has 0 bridgehead atoms. The predicted octanol–water partition coefficient (Wildman–Crippen LogP) is 0.747. The SMILES string of the molecule is CC(=O)NC(CNC(=O)COc1cccc(N2CCN(C)CC2)c1S(=O)(=O)N(C)C)CN1CCc2ccccc2C1. The maximum absolute atomic E-state index is 13.4. The fraction of sp³-hybridized carbons (Fsp3) is 0.517. The second-order valence-electron chi connectivity index (χ2n) is 10.9. The van der Waals surface area contributed by atoms with Gasteiger partial charge in [-0.2, -0.15) is 0 Å². The van der Waals surface area contributed by atoms with Gasteiger partial charge in [-0.1, -0.05) is 30.3 Å². The molecule has 11 nitrogen and oxygen atoms in total. The molecule has 0 aromatic heterocycles. The quantitative estimate of drug-likeness (QED) is 0.397. The summed E-state index contributed by atoms with van der Waals surface area (Å²) in [5.41, 5.74) is 3.19. The number of carbonyl (C=O) groups excluding carboxylic acids is 2. The van der Waals surface area contributed by atoms with E-state index in [9.17, 15) is 18.0 Å². The van der Waals surface area contributed by atoms with E-state index < -0.39 is 15.9 Å². The lowest BCUT2D eigenvalue weighted by molar-refractivity contribution is -0.124. The lowest BCUT2D eigenvalue weighted by Crippen LogP contribution is -2.50. The molecule has 0 saturated carbocycles. The molecule has 41 heavy (non-hydrogen) atoms. The van der Waals surface area contributed by atoms with Crippen LogP contribution in [0.4, 0.5) is 5.69 Å². The van der Waals surface area contributed by atoms with Gasteiger partial charge < -0.3 is 25.2 Å². The number of nitrogens with one attached hydrogen (secondary N) is 2. The molecular formula is C29H42N6O5S. The van der Waals surface area contributed by atoms with Gasteiger partial charge in [-0.25, -0.2) is 12.7 Å². The maximum Gasteiger partial charge on any atom is 0.258 e. The summed E-state index contributed by atoms with van der Waals surface area (Å²) in [5.74, 6) is -0.435. The molecule has 1 saturated heterocycles. The van der Waals surface area contributed by atoms with Gasteiger partial charge in [-0.05, 0) is 36.7 Å². The zero-order valence-electron chi connectivity index (χ0n) is 24.4. The monoisotopic (exact) mass is 586 g/mol. The van der Waals surface area contributed by atoms with E-state index in [1.807, 2.05) is 24.1 Å². The summed E-state index contributed by atoms with van der Waals surface area (Å²) >= 11 is 0. The molecule has 2 aliphatic rings. The normalized spacial score (nSPS) is 17.1. The smallest absolute Gasteiger partial charge is 0.258 e. The average Bonchev–Trinajstić information content (AvgIpc) is 2.94. The van der Waals surface area contributed by atoms with Crippen molar-refractivity contribution in [2.24, 2.45) is 0 Å². The number of ether oxygens (including phenoxy) is 1. The van der Waals surface area contributed by atoms with Crippen LogP contribution in [0.25, 0.3) is 0 Å². The van der Waals surface area contributed by atoms with Gasteiger partial charge in [0.2, 0.25) is 15.9 Å². The molecule has 2 aromatic carbocycles. The van der Waals surface area contributed by atoms with Gasteiger partial charge in [0.05, 0.1) is 11.7 Å². The Morgan fingerprint density at radius 1 is 1.00 bits per heavy atom. The van der Waals surface area contributed by atoms with Crippen molar-refractivity contribution in [3.63, 3.8) is 0 Å². The zero-order chi connectivity index (χ0) is 29.6. The van der Waals surface area contributed by atoms with Gasteiger partial charge in [0.1, 0.15) is 10.6 Å². The van der Waals surface area contributed by atoms with E-state index in [0.29, 0.717) is 25.3 Å². The molecule has 1 atom stereocenters. The summed E-state index contributed by atoms with van der Waals surface area (Å²) in [7, 11) is 1.14. The van der Waals surface area contributed by atoms with E-state index in [4.69, 9.17) is 4.74 Å². The molecule has 4 rings (SSSR count). The van der Waals surface area contributed by atoms with E-state index in [2.05, 4.69) is 32.6 Å². The van der Waals surface area contributed by atoms with Crippen molar-refractivity contribution in [1.82, 2.24) is 24.7 Å². The number of amides is 2. The highest BCUT2D eigenvalue weighted by Crippen LogP contribution is 2.36. The first-order valence-electron chi connectivity index (χ1n) is 14.0. The van der Waals surface area contributed by atoms with Crippen molar-refractivity contribution in [3.05, 3.63) is 53.6 Å². The molecule has 2 aromatic rings. The molecule has 224 valence electrons. The zero-order valence-corrected chi connectivity index (χ0v) is 25.2. The number of hydrogen-bond donors (Lipinski definition) is 2. The highest BCUT2D eigenvalue weighted by molar-refractivity contribution is 7.89. The summed E-state index contributed by atoms with van der Waals surface area (Å²) in [6.45, 7) is 6.58. The van der Waals surface area contributed by atoms with Crippen LogP contribution < -0.4 is 20.3 Å². The van der Waals surface area contributed by atoms with Crippen molar-refractivity contribution >= 4 is 27.5 Å². The number of benzene rings is 2. The summed E-state index contributed by atoms with van der Waals surface area (Å²) in [6.07, 6.45) is 0.939. The van der Waals surface area contributed by atoms with E-state index in [-0.39, 0.29) is 35.7 Å². The van der Waals surface area contributed by atoms with Crippen molar-refractivity contribution in [1.29, 1.82) is 0 Å². The van der Waals surface area contributed by atoms with Crippen LogP contribution in [0.2, 0.25) is 0 Å². The lowest BCUT2D eigenvalue weighted by atomic mass is 9.99. The van der Waals surface area contributed by atoms with Crippen molar-refractivity contribution in [3.8, 4) is 5.75 Å². The fourth-order valence-corrected chi connectivity index (χ4v) is 6.47. The van der Waals surface area contributed by atoms with E-state index in [1.165, 1.54) is 32.1 Å². The van der Waals surface area contributed by atoms with Crippen LogP contribution >= 0.6 is 0 Å². The van der Waals surface area contributed by atoms with Gasteiger partial charge in [-0.3, -0.25) is 14.5 Å². The molecule has 2 amide bonds. The van der Waals surface area contributed by atoms with Crippen LogP contribution in [-0.4, -0.2) is 114 Å². The first-order chi connectivity index (χ1) is 19.5. The molecule has 0 spiro atoms. The molecule has 12 heteroatoms. The molecule has 0 radical (unpaired) electrons. The van der Waals surface area contributed by atoms with Crippen LogP contribution in [0.1, 0.15) is 18.1 Å². The molecule has 2 aliphatic heterocycles. The summed E-state index contributed by atoms with van der Waals surface area (Å²) in [4.78, 5) is 31.3. The van der Waals surface area contributed by atoms with Crippen molar-refractivity contribution in [2.45, 2.75) is 30.8 Å². The third-order valence-corrected chi connectivity index (χ3v) is 9.43. The first-order valence-corrected chi connectivity index (χ1v) is 15.4. The van der Waals surface area contributed by atoms with Crippen LogP contribution in [0, 0.1) is 0 Å². The number of likely N-dealkylation sites (N-methyl/N-ethyl adjacent to an activating group) is 1. The molecular weight excluding hydrogens is 544 g/mol. The predicted molar refractivity (Wildman–Crippen MR) is 159 cm³/mol. The van der Waals surface area contributed by atoms with Crippen LogP contribution in [0.3, 0.4) is 0 Å². The molecule has 1 unspecified atom stereocenters. The average molecular weight is 587 g/mol. The number of hydrogen-bond acceptors (Lipinski definition) is 8. The first kappa shape index (κ1) is 30.8. The van der Waals surface area contributed by atoms with Gasteiger partial charge in [-0.15, -0.1) is 0 Å². The molecule has 0 aliphatic carbocycles. The van der Waals surface area contributed by atoms with E-state index >= 15 is 0 Å². The highest BCUT2D eigenvalue weighted by atomic mass is 32.2. The Hall–Kier alpha value is -3.19. The minimum absolute atomic E-state index is 0.0591. The molecule has 2 N–H and O–H groups in total. The Labute approximate surface area is 243 Å². The van der Waals surface area contributed by atoms with Gasteiger partial charge >= 0.3 is 0 Å².